The highest BCUT2D eigenvalue weighted by atomic mass is 16.1. The standard InChI is InChI=1S/C20H23N3O/c1-4-23(5-2)17-8-9-18(14(3)12-17)22-20(24)16-7-6-15-10-11-21-19(15)13-16/h6-13,21H,4-5H2,1-3H3,(H,22,24). The van der Waals surface area contributed by atoms with Gasteiger partial charge in [-0.3, -0.25) is 4.79 Å². The normalized spacial score (nSPS) is 10.8. The number of hydrogen-bond acceptors (Lipinski definition) is 2. The van der Waals surface area contributed by atoms with Crippen molar-refractivity contribution < 1.29 is 4.79 Å². The lowest BCUT2D eigenvalue weighted by atomic mass is 10.1. The van der Waals surface area contributed by atoms with Crippen molar-refractivity contribution in [3.05, 3.63) is 59.8 Å². The number of carbonyl (C=O) groups excluding carboxylic acids is 1. The van der Waals surface area contributed by atoms with E-state index in [2.05, 4.69) is 41.2 Å². The number of benzene rings is 2. The van der Waals surface area contributed by atoms with E-state index in [0.29, 0.717) is 5.56 Å². The maximum absolute atomic E-state index is 12.5. The number of aryl methyl sites for hydroxylation is 1. The maximum atomic E-state index is 12.5. The van der Waals surface area contributed by atoms with Crippen LogP contribution in [0.3, 0.4) is 0 Å². The van der Waals surface area contributed by atoms with Crippen molar-refractivity contribution in [1.82, 2.24) is 4.98 Å². The molecule has 124 valence electrons. The van der Waals surface area contributed by atoms with E-state index >= 15 is 0 Å². The molecule has 0 radical (unpaired) electrons. The summed E-state index contributed by atoms with van der Waals surface area (Å²) in [4.78, 5) is 18.0. The lowest BCUT2D eigenvalue weighted by Crippen LogP contribution is -2.22. The molecule has 3 aromatic rings. The monoisotopic (exact) mass is 321 g/mol. The lowest BCUT2D eigenvalue weighted by Gasteiger charge is -2.22. The van der Waals surface area contributed by atoms with Crippen molar-refractivity contribution in [3.63, 3.8) is 0 Å². The molecule has 1 heterocycles. The van der Waals surface area contributed by atoms with Crippen LogP contribution >= 0.6 is 0 Å². The first kappa shape index (κ1) is 16.1. The van der Waals surface area contributed by atoms with E-state index in [-0.39, 0.29) is 5.91 Å². The number of aromatic nitrogens is 1. The second kappa shape index (κ2) is 6.79. The zero-order valence-corrected chi connectivity index (χ0v) is 14.4. The van der Waals surface area contributed by atoms with Gasteiger partial charge < -0.3 is 15.2 Å². The van der Waals surface area contributed by atoms with Crippen LogP contribution in [0.25, 0.3) is 10.9 Å². The van der Waals surface area contributed by atoms with Crippen LogP contribution < -0.4 is 10.2 Å². The van der Waals surface area contributed by atoms with Gasteiger partial charge in [-0.05, 0) is 68.1 Å². The number of aromatic amines is 1. The van der Waals surface area contributed by atoms with Gasteiger partial charge in [0, 0.05) is 41.7 Å². The SMILES string of the molecule is CCN(CC)c1ccc(NC(=O)c2ccc3cc[nH]c3c2)c(C)c1. The van der Waals surface area contributed by atoms with Gasteiger partial charge in [-0.25, -0.2) is 0 Å². The number of carbonyl (C=O) groups is 1. The van der Waals surface area contributed by atoms with Gasteiger partial charge in [0.05, 0.1) is 0 Å². The van der Waals surface area contributed by atoms with E-state index in [4.69, 9.17) is 0 Å². The van der Waals surface area contributed by atoms with E-state index in [0.717, 1.165) is 35.2 Å². The Morgan fingerprint density at radius 2 is 1.88 bits per heavy atom. The van der Waals surface area contributed by atoms with Crippen molar-refractivity contribution in [2.45, 2.75) is 20.8 Å². The lowest BCUT2D eigenvalue weighted by molar-refractivity contribution is 0.102. The highest BCUT2D eigenvalue weighted by Gasteiger charge is 2.10. The van der Waals surface area contributed by atoms with Crippen LogP contribution in [0, 0.1) is 6.92 Å². The van der Waals surface area contributed by atoms with Crippen LogP contribution in [-0.4, -0.2) is 24.0 Å². The molecule has 1 aromatic heterocycles. The van der Waals surface area contributed by atoms with Crippen molar-refractivity contribution in [3.8, 4) is 0 Å². The van der Waals surface area contributed by atoms with Gasteiger partial charge in [0.1, 0.15) is 0 Å². The molecule has 0 spiro atoms. The van der Waals surface area contributed by atoms with Gasteiger partial charge >= 0.3 is 0 Å². The Morgan fingerprint density at radius 1 is 1.08 bits per heavy atom. The number of hydrogen-bond donors (Lipinski definition) is 2. The van der Waals surface area contributed by atoms with Crippen molar-refractivity contribution in [1.29, 1.82) is 0 Å². The molecule has 4 nitrogen and oxygen atoms in total. The summed E-state index contributed by atoms with van der Waals surface area (Å²) >= 11 is 0. The molecule has 0 unspecified atom stereocenters. The molecule has 1 amide bonds. The number of nitrogens with zero attached hydrogens (tertiary/aromatic N) is 1. The number of anilines is 2. The molecule has 4 heteroatoms. The fourth-order valence-corrected chi connectivity index (χ4v) is 2.96. The molecule has 0 fully saturated rings. The van der Waals surface area contributed by atoms with Gasteiger partial charge in [-0.2, -0.15) is 0 Å². The summed E-state index contributed by atoms with van der Waals surface area (Å²) in [5.41, 5.74) is 4.72. The fourth-order valence-electron chi connectivity index (χ4n) is 2.96. The zero-order chi connectivity index (χ0) is 17.1. The van der Waals surface area contributed by atoms with Crippen molar-refractivity contribution >= 4 is 28.2 Å². The Hall–Kier alpha value is -2.75. The summed E-state index contributed by atoms with van der Waals surface area (Å²) in [6, 6.07) is 13.8. The minimum atomic E-state index is -0.0924. The molecule has 0 atom stereocenters. The topological polar surface area (TPSA) is 48.1 Å². The molecule has 0 aliphatic rings. The largest absolute Gasteiger partial charge is 0.372 e. The Bertz CT molecular complexity index is 862. The summed E-state index contributed by atoms with van der Waals surface area (Å²) in [6.45, 7) is 8.25. The maximum Gasteiger partial charge on any atom is 0.255 e. The zero-order valence-electron chi connectivity index (χ0n) is 14.4. The average Bonchev–Trinajstić information content (AvgIpc) is 3.05. The molecular weight excluding hydrogens is 298 g/mol. The van der Waals surface area contributed by atoms with Crippen LogP contribution in [-0.2, 0) is 0 Å². The van der Waals surface area contributed by atoms with Gasteiger partial charge in [0.15, 0.2) is 0 Å². The van der Waals surface area contributed by atoms with Crippen LogP contribution in [0.15, 0.2) is 48.7 Å². The first-order valence-electron chi connectivity index (χ1n) is 8.36. The van der Waals surface area contributed by atoms with Crippen LogP contribution in [0.1, 0.15) is 29.8 Å². The smallest absolute Gasteiger partial charge is 0.255 e. The minimum absolute atomic E-state index is 0.0924. The third-order valence-corrected chi connectivity index (χ3v) is 4.40. The van der Waals surface area contributed by atoms with Crippen LogP contribution in [0.5, 0.6) is 0 Å². The summed E-state index contributed by atoms with van der Waals surface area (Å²) in [5.74, 6) is -0.0924. The van der Waals surface area contributed by atoms with Crippen molar-refractivity contribution in [2.24, 2.45) is 0 Å². The van der Waals surface area contributed by atoms with Crippen LogP contribution in [0.2, 0.25) is 0 Å². The number of amides is 1. The summed E-state index contributed by atoms with van der Waals surface area (Å²) in [7, 11) is 0. The molecule has 24 heavy (non-hydrogen) atoms. The first-order valence-corrected chi connectivity index (χ1v) is 8.36. The molecule has 0 saturated carbocycles. The number of fused-ring (bicyclic) bond motifs is 1. The van der Waals surface area contributed by atoms with E-state index < -0.39 is 0 Å². The average molecular weight is 321 g/mol. The molecule has 2 N–H and O–H groups in total. The van der Waals surface area contributed by atoms with Crippen molar-refractivity contribution in [2.75, 3.05) is 23.3 Å². The highest BCUT2D eigenvalue weighted by molar-refractivity contribution is 6.06. The highest BCUT2D eigenvalue weighted by Crippen LogP contribution is 2.23. The summed E-state index contributed by atoms with van der Waals surface area (Å²) in [6.07, 6.45) is 1.88. The Labute approximate surface area is 142 Å². The van der Waals surface area contributed by atoms with E-state index in [1.807, 2.05) is 43.5 Å². The Kier molecular flexibility index (Phi) is 4.56. The molecule has 0 aliphatic carbocycles. The van der Waals surface area contributed by atoms with Gasteiger partial charge in [-0.1, -0.05) is 6.07 Å². The molecule has 0 aliphatic heterocycles. The minimum Gasteiger partial charge on any atom is -0.372 e. The number of nitrogens with one attached hydrogen (secondary N) is 2. The molecule has 0 saturated heterocycles. The summed E-state index contributed by atoms with van der Waals surface area (Å²) in [5, 5.41) is 4.12. The third-order valence-electron chi connectivity index (χ3n) is 4.40. The Morgan fingerprint density at radius 3 is 2.58 bits per heavy atom. The second-order valence-corrected chi connectivity index (χ2v) is 5.91. The quantitative estimate of drug-likeness (QED) is 0.723. The van der Waals surface area contributed by atoms with E-state index in [9.17, 15) is 4.79 Å². The predicted molar refractivity (Wildman–Crippen MR) is 101 cm³/mol. The first-order chi connectivity index (χ1) is 11.6. The fraction of sp³-hybridized carbons (Fsp3) is 0.250. The van der Waals surface area contributed by atoms with Crippen LogP contribution in [0.4, 0.5) is 11.4 Å². The van der Waals surface area contributed by atoms with Gasteiger partial charge in [0.2, 0.25) is 0 Å². The molecule has 2 aromatic carbocycles. The molecular formula is C20H23N3O. The Balaban J connectivity index is 1.80. The number of rotatable bonds is 5. The van der Waals surface area contributed by atoms with E-state index in [1.54, 1.807) is 0 Å². The van der Waals surface area contributed by atoms with Gasteiger partial charge in [-0.15, -0.1) is 0 Å². The van der Waals surface area contributed by atoms with Gasteiger partial charge in [0.25, 0.3) is 5.91 Å². The third kappa shape index (κ3) is 3.13. The molecule has 3 rings (SSSR count). The second-order valence-electron chi connectivity index (χ2n) is 5.91. The predicted octanol–water partition coefficient (Wildman–Crippen LogP) is 4.57. The van der Waals surface area contributed by atoms with E-state index in [1.165, 1.54) is 5.69 Å². The molecule has 0 bridgehead atoms. The number of H-pyrrole nitrogens is 1. The summed E-state index contributed by atoms with van der Waals surface area (Å²) < 4.78 is 0.